The fourth-order valence-corrected chi connectivity index (χ4v) is 1.12. The summed E-state index contributed by atoms with van der Waals surface area (Å²) in [6, 6.07) is 0. The zero-order valence-electron chi connectivity index (χ0n) is 8.41. The van der Waals surface area contributed by atoms with E-state index in [4.69, 9.17) is 5.11 Å². The van der Waals surface area contributed by atoms with Crippen LogP contribution in [0.25, 0.3) is 0 Å². The molecule has 0 fully saturated rings. The van der Waals surface area contributed by atoms with Gasteiger partial charge in [0.15, 0.2) is 0 Å². The quantitative estimate of drug-likeness (QED) is 0.699. The Morgan fingerprint density at radius 2 is 2.38 bits per heavy atom. The maximum Gasteiger partial charge on any atom is 0.0628 e. The van der Waals surface area contributed by atoms with E-state index in [1.807, 2.05) is 38.0 Å². The second-order valence-electron chi connectivity index (χ2n) is 3.68. The molecule has 0 saturated heterocycles. The minimum atomic E-state index is -0.293. The van der Waals surface area contributed by atoms with Crippen LogP contribution in [-0.4, -0.2) is 34.1 Å². The number of aliphatic hydroxyl groups is 1. The number of nitrogens with one attached hydrogen (secondary N) is 1. The van der Waals surface area contributed by atoms with Crippen LogP contribution in [0, 0.1) is 6.92 Å². The van der Waals surface area contributed by atoms with Gasteiger partial charge >= 0.3 is 0 Å². The van der Waals surface area contributed by atoms with Gasteiger partial charge in [0.25, 0.3) is 0 Å². The van der Waals surface area contributed by atoms with Gasteiger partial charge in [0.2, 0.25) is 0 Å². The first-order valence-electron chi connectivity index (χ1n) is 4.38. The molecule has 1 unspecified atom stereocenters. The number of aryl methyl sites for hydroxylation is 1. The number of hydrogen-bond acceptors (Lipinski definition) is 3. The van der Waals surface area contributed by atoms with Gasteiger partial charge in [0, 0.05) is 6.20 Å². The predicted molar refractivity (Wildman–Crippen MR) is 51.5 cm³/mol. The van der Waals surface area contributed by atoms with Crippen molar-refractivity contribution in [3.63, 3.8) is 0 Å². The van der Waals surface area contributed by atoms with Crippen molar-refractivity contribution < 1.29 is 5.11 Å². The van der Waals surface area contributed by atoms with Crippen molar-refractivity contribution in [2.45, 2.75) is 25.9 Å². The average molecular weight is 183 g/mol. The van der Waals surface area contributed by atoms with Gasteiger partial charge in [0.1, 0.15) is 0 Å². The minimum Gasteiger partial charge on any atom is -0.394 e. The lowest BCUT2D eigenvalue weighted by atomic mass is 10.1. The molecule has 13 heavy (non-hydrogen) atoms. The van der Waals surface area contributed by atoms with Crippen molar-refractivity contribution >= 4 is 0 Å². The highest BCUT2D eigenvalue weighted by molar-refractivity contribution is 5.00. The number of aromatic nitrogens is 2. The van der Waals surface area contributed by atoms with Crippen LogP contribution in [0.3, 0.4) is 0 Å². The summed E-state index contributed by atoms with van der Waals surface area (Å²) in [4.78, 5) is 0. The van der Waals surface area contributed by atoms with Crippen LogP contribution in [-0.2, 0) is 6.54 Å². The van der Waals surface area contributed by atoms with Gasteiger partial charge < -0.3 is 10.4 Å². The Morgan fingerprint density at radius 1 is 1.69 bits per heavy atom. The van der Waals surface area contributed by atoms with Crippen LogP contribution >= 0.6 is 0 Å². The Hall–Kier alpha value is -0.870. The molecule has 0 saturated carbocycles. The summed E-state index contributed by atoms with van der Waals surface area (Å²) in [5.74, 6) is 0. The predicted octanol–water partition coefficient (Wildman–Crippen LogP) is 0.162. The second kappa shape index (κ2) is 3.89. The third-order valence-corrected chi connectivity index (χ3v) is 2.23. The first kappa shape index (κ1) is 10.2. The normalized spacial score (nSPS) is 15.7. The molecular formula is C9H17N3O. The van der Waals surface area contributed by atoms with Crippen molar-refractivity contribution in [2.75, 3.05) is 13.7 Å². The highest BCUT2D eigenvalue weighted by Crippen LogP contribution is 2.06. The first-order valence-corrected chi connectivity index (χ1v) is 4.38. The lowest BCUT2D eigenvalue weighted by Gasteiger charge is -2.26. The number of rotatable bonds is 4. The summed E-state index contributed by atoms with van der Waals surface area (Å²) in [7, 11) is 1.84. The molecule has 0 radical (unpaired) electrons. The van der Waals surface area contributed by atoms with Gasteiger partial charge in [-0.25, -0.2) is 0 Å². The number of aliphatic hydroxyl groups excluding tert-OH is 1. The molecule has 74 valence electrons. The monoisotopic (exact) mass is 183 g/mol. The largest absolute Gasteiger partial charge is 0.394 e. The molecule has 2 N–H and O–H groups in total. The third-order valence-electron chi connectivity index (χ3n) is 2.23. The van der Waals surface area contributed by atoms with Crippen LogP contribution < -0.4 is 5.32 Å². The zero-order valence-corrected chi connectivity index (χ0v) is 8.41. The van der Waals surface area contributed by atoms with E-state index in [1.165, 1.54) is 0 Å². The second-order valence-corrected chi connectivity index (χ2v) is 3.68. The molecule has 1 rings (SSSR count). The molecule has 0 aliphatic heterocycles. The molecule has 0 amide bonds. The number of hydrogen-bond donors (Lipinski definition) is 2. The average Bonchev–Trinajstić information content (AvgIpc) is 2.51. The zero-order chi connectivity index (χ0) is 9.90. The van der Waals surface area contributed by atoms with Gasteiger partial charge in [-0.3, -0.25) is 4.68 Å². The van der Waals surface area contributed by atoms with E-state index < -0.39 is 0 Å². The Kier molecular flexibility index (Phi) is 3.06. The van der Waals surface area contributed by atoms with E-state index in [0.717, 1.165) is 5.56 Å². The number of nitrogens with zero attached hydrogens (tertiary/aromatic N) is 2. The van der Waals surface area contributed by atoms with Gasteiger partial charge in [-0.2, -0.15) is 5.10 Å². The van der Waals surface area contributed by atoms with Gasteiger partial charge in [-0.15, -0.1) is 0 Å². The molecule has 1 aromatic heterocycles. The summed E-state index contributed by atoms with van der Waals surface area (Å²) in [5, 5.41) is 16.4. The Bertz CT molecular complexity index is 266. The van der Waals surface area contributed by atoms with Crippen molar-refractivity contribution in [3.8, 4) is 0 Å². The molecule has 0 spiro atoms. The first-order chi connectivity index (χ1) is 6.09. The summed E-state index contributed by atoms with van der Waals surface area (Å²) in [6.07, 6.45) is 3.78. The Morgan fingerprint density at radius 3 is 2.77 bits per heavy atom. The van der Waals surface area contributed by atoms with E-state index in [1.54, 1.807) is 0 Å². The highest BCUT2D eigenvalue weighted by atomic mass is 16.3. The van der Waals surface area contributed by atoms with E-state index in [0.29, 0.717) is 6.54 Å². The topological polar surface area (TPSA) is 50.1 Å². The molecule has 0 aromatic carbocycles. The van der Waals surface area contributed by atoms with Crippen molar-refractivity contribution in [3.05, 3.63) is 18.0 Å². The fourth-order valence-electron chi connectivity index (χ4n) is 1.12. The highest BCUT2D eigenvalue weighted by Gasteiger charge is 2.21. The van der Waals surface area contributed by atoms with Crippen LogP contribution in [0.15, 0.2) is 12.4 Å². The molecule has 0 aliphatic rings. The van der Waals surface area contributed by atoms with Gasteiger partial charge in [-0.1, -0.05) is 0 Å². The maximum atomic E-state index is 9.15. The molecule has 1 heterocycles. The van der Waals surface area contributed by atoms with Crippen LogP contribution in [0.5, 0.6) is 0 Å². The SMILES string of the molecule is CNC(C)(CO)Cn1cc(C)cn1. The molecular weight excluding hydrogens is 166 g/mol. The molecule has 1 aromatic rings. The van der Waals surface area contributed by atoms with Crippen LogP contribution in [0.2, 0.25) is 0 Å². The van der Waals surface area contributed by atoms with Crippen molar-refractivity contribution in [1.82, 2.24) is 15.1 Å². The molecule has 0 bridgehead atoms. The standard InChI is InChI=1S/C9H17N3O/c1-8-4-11-12(5-8)6-9(2,7-13)10-3/h4-5,10,13H,6-7H2,1-3H3. The van der Waals surface area contributed by atoms with Gasteiger partial charge in [-0.05, 0) is 26.5 Å². The van der Waals surface area contributed by atoms with Crippen molar-refractivity contribution in [2.24, 2.45) is 0 Å². The van der Waals surface area contributed by atoms with E-state index in [-0.39, 0.29) is 12.1 Å². The fraction of sp³-hybridized carbons (Fsp3) is 0.667. The summed E-state index contributed by atoms with van der Waals surface area (Å²) < 4.78 is 1.84. The molecule has 1 atom stereocenters. The van der Waals surface area contributed by atoms with Crippen LogP contribution in [0.1, 0.15) is 12.5 Å². The van der Waals surface area contributed by atoms with E-state index >= 15 is 0 Å². The molecule has 4 heteroatoms. The molecule has 4 nitrogen and oxygen atoms in total. The lowest BCUT2D eigenvalue weighted by molar-refractivity contribution is 0.161. The Balaban J connectivity index is 2.67. The number of likely N-dealkylation sites (N-methyl/N-ethyl adjacent to an activating group) is 1. The van der Waals surface area contributed by atoms with Gasteiger partial charge in [0.05, 0.1) is 24.9 Å². The third kappa shape index (κ3) is 2.54. The van der Waals surface area contributed by atoms with E-state index in [9.17, 15) is 0 Å². The van der Waals surface area contributed by atoms with E-state index in [2.05, 4.69) is 10.4 Å². The summed E-state index contributed by atoms with van der Waals surface area (Å²) in [5.41, 5.74) is 0.842. The molecule has 0 aliphatic carbocycles. The smallest absolute Gasteiger partial charge is 0.0628 e. The van der Waals surface area contributed by atoms with Crippen LogP contribution in [0.4, 0.5) is 0 Å². The Labute approximate surface area is 78.6 Å². The summed E-state index contributed by atoms with van der Waals surface area (Å²) in [6.45, 7) is 4.74. The van der Waals surface area contributed by atoms with Crippen molar-refractivity contribution in [1.29, 1.82) is 0 Å². The lowest BCUT2D eigenvalue weighted by Crippen LogP contribution is -2.47. The summed E-state index contributed by atoms with van der Waals surface area (Å²) >= 11 is 0. The maximum absolute atomic E-state index is 9.15. The minimum absolute atomic E-state index is 0.0996.